The summed E-state index contributed by atoms with van der Waals surface area (Å²) in [5.74, 6) is -0.163. The molecule has 0 atom stereocenters. The van der Waals surface area contributed by atoms with Crippen molar-refractivity contribution in [1.82, 2.24) is 9.38 Å². The number of carbonyl (C=O) groups excluding carboxylic acids is 1. The van der Waals surface area contributed by atoms with Gasteiger partial charge in [0.25, 0.3) is 5.91 Å². The molecule has 0 aliphatic heterocycles. The number of hydrogen-bond acceptors (Lipinski definition) is 2. The maximum atomic E-state index is 12.5. The first kappa shape index (κ1) is 13.8. The molecular weight excluding hydrogens is 330 g/mol. The van der Waals surface area contributed by atoms with Crippen LogP contribution in [0.2, 0.25) is 0 Å². The number of benzene rings is 1. The van der Waals surface area contributed by atoms with E-state index in [1.807, 2.05) is 56.4 Å². The van der Waals surface area contributed by atoms with Crippen LogP contribution >= 0.6 is 15.9 Å². The molecule has 4 nitrogen and oxygen atoms in total. The number of hydrogen-bond donors (Lipinski definition) is 1. The van der Waals surface area contributed by atoms with E-state index in [4.69, 9.17) is 0 Å². The van der Waals surface area contributed by atoms with Crippen molar-refractivity contribution in [3.05, 3.63) is 64.0 Å². The van der Waals surface area contributed by atoms with Gasteiger partial charge >= 0.3 is 0 Å². The predicted octanol–water partition coefficient (Wildman–Crippen LogP) is 3.97. The first-order chi connectivity index (χ1) is 10.0. The van der Waals surface area contributed by atoms with Gasteiger partial charge in [-0.3, -0.25) is 9.20 Å². The highest BCUT2D eigenvalue weighted by Gasteiger charge is 2.16. The molecule has 1 N–H and O–H groups in total. The molecule has 0 aliphatic rings. The van der Waals surface area contributed by atoms with Crippen molar-refractivity contribution < 1.29 is 4.79 Å². The lowest BCUT2D eigenvalue weighted by atomic mass is 10.2. The molecule has 0 saturated carbocycles. The summed E-state index contributed by atoms with van der Waals surface area (Å²) in [6.07, 6.45) is 1.85. The number of nitrogens with one attached hydrogen (secondary N) is 1. The fourth-order valence-electron chi connectivity index (χ4n) is 2.32. The Bertz CT molecular complexity index is 839. The monoisotopic (exact) mass is 343 g/mol. The smallest absolute Gasteiger partial charge is 0.274 e. The number of aromatic nitrogens is 2. The van der Waals surface area contributed by atoms with Gasteiger partial charge in [0.05, 0.1) is 5.69 Å². The Morgan fingerprint density at radius 1 is 1.24 bits per heavy atom. The van der Waals surface area contributed by atoms with Crippen LogP contribution in [0, 0.1) is 13.8 Å². The van der Waals surface area contributed by atoms with Gasteiger partial charge in [-0.25, -0.2) is 4.98 Å². The largest absolute Gasteiger partial charge is 0.321 e. The second kappa shape index (κ2) is 5.33. The maximum Gasteiger partial charge on any atom is 0.274 e. The highest BCUT2D eigenvalue weighted by molar-refractivity contribution is 9.10. The van der Waals surface area contributed by atoms with E-state index in [-0.39, 0.29) is 5.91 Å². The van der Waals surface area contributed by atoms with Gasteiger partial charge in [0.1, 0.15) is 11.3 Å². The summed E-state index contributed by atoms with van der Waals surface area (Å²) in [4.78, 5) is 17.0. The van der Waals surface area contributed by atoms with Crippen molar-refractivity contribution in [1.29, 1.82) is 0 Å². The third-order valence-corrected chi connectivity index (χ3v) is 3.72. The molecule has 1 amide bonds. The molecule has 21 heavy (non-hydrogen) atoms. The zero-order chi connectivity index (χ0) is 15.0. The van der Waals surface area contributed by atoms with Crippen LogP contribution in [0.4, 0.5) is 5.69 Å². The third kappa shape index (κ3) is 2.69. The Morgan fingerprint density at radius 3 is 2.81 bits per heavy atom. The Kier molecular flexibility index (Phi) is 3.51. The fourth-order valence-corrected chi connectivity index (χ4v) is 2.66. The standard InChI is InChI=1S/C16H14BrN3O/c1-10-4-3-5-13(8-10)19-16(21)15-11(2)18-14-7-6-12(17)9-20(14)15/h3-9H,1-2H3,(H,19,21). The van der Waals surface area contributed by atoms with Gasteiger partial charge in [-0.15, -0.1) is 0 Å². The minimum Gasteiger partial charge on any atom is -0.321 e. The van der Waals surface area contributed by atoms with Gasteiger partial charge in [0.2, 0.25) is 0 Å². The first-order valence-corrected chi connectivity index (χ1v) is 7.36. The molecule has 0 aliphatic carbocycles. The number of anilines is 1. The van der Waals surface area contributed by atoms with Crippen molar-refractivity contribution >= 4 is 33.2 Å². The van der Waals surface area contributed by atoms with Crippen molar-refractivity contribution in [3.8, 4) is 0 Å². The van der Waals surface area contributed by atoms with E-state index in [9.17, 15) is 4.79 Å². The number of amides is 1. The molecule has 106 valence electrons. The van der Waals surface area contributed by atoms with Gasteiger partial charge in [-0.2, -0.15) is 0 Å². The molecule has 3 rings (SSSR count). The number of carbonyl (C=O) groups is 1. The molecule has 3 aromatic rings. The molecule has 0 radical (unpaired) electrons. The highest BCUT2D eigenvalue weighted by atomic mass is 79.9. The molecule has 0 spiro atoms. The summed E-state index contributed by atoms with van der Waals surface area (Å²) in [7, 11) is 0. The van der Waals surface area contributed by atoms with Crippen LogP contribution in [-0.2, 0) is 0 Å². The quantitative estimate of drug-likeness (QED) is 0.765. The summed E-state index contributed by atoms with van der Waals surface area (Å²) in [5, 5.41) is 2.92. The van der Waals surface area contributed by atoms with Crippen LogP contribution in [0.25, 0.3) is 5.65 Å². The normalized spacial score (nSPS) is 10.8. The SMILES string of the molecule is Cc1cccc(NC(=O)c2c(C)nc3ccc(Br)cn23)c1. The van der Waals surface area contributed by atoms with E-state index in [2.05, 4.69) is 26.2 Å². The summed E-state index contributed by atoms with van der Waals surface area (Å²) < 4.78 is 2.70. The zero-order valence-electron chi connectivity index (χ0n) is 11.7. The van der Waals surface area contributed by atoms with Crippen LogP contribution in [0.5, 0.6) is 0 Å². The molecule has 1 aromatic carbocycles. The van der Waals surface area contributed by atoms with E-state index < -0.39 is 0 Å². The van der Waals surface area contributed by atoms with E-state index >= 15 is 0 Å². The van der Waals surface area contributed by atoms with E-state index in [0.717, 1.165) is 21.4 Å². The topological polar surface area (TPSA) is 46.4 Å². The van der Waals surface area contributed by atoms with Crippen LogP contribution < -0.4 is 5.32 Å². The highest BCUT2D eigenvalue weighted by Crippen LogP contribution is 2.18. The summed E-state index contributed by atoms with van der Waals surface area (Å²) in [5.41, 5.74) is 3.89. The maximum absolute atomic E-state index is 12.5. The lowest BCUT2D eigenvalue weighted by Crippen LogP contribution is -2.15. The molecule has 0 saturated heterocycles. The minimum atomic E-state index is -0.163. The predicted molar refractivity (Wildman–Crippen MR) is 86.8 cm³/mol. The van der Waals surface area contributed by atoms with E-state index in [1.54, 1.807) is 4.40 Å². The number of pyridine rings is 1. The van der Waals surface area contributed by atoms with Gasteiger partial charge in [0.15, 0.2) is 0 Å². The Morgan fingerprint density at radius 2 is 2.05 bits per heavy atom. The Balaban J connectivity index is 2.01. The lowest BCUT2D eigenvalue weighted by Gasteiger charge is -2.07. The van der Waals surface area contributed by atoms with Crippen molar-refractivity contribution in [3.63, 3.8) is 0 Å². The molecule has 0 fully saturated rings. The minimum absolute atomic E-state index is 0.163. The number of aryl methyl sites for hydroxylation is 2. The average Bonchev–Trinajstić information content (AvgIpc) is 2.74. The summed E-state index contributed by atoms with van der Waals surface area (Å²) in [6.45, 7) is 3.83. The van der Waals surface area contributed by atoms with Gasteiger partial charge < -0.3 is 5.32 Å². The van der Waals surface area contributed by atoms with Gasteiger partial charge in [0, 0.05) is 16.4 Å². The van der Waals surface area contributed by atoms with Gasteiger partial charge in [-0.1, -0.05) is 12.1 Å². The molecular formula is C16H14BrN3O. The van der Waals surface area contributed by atoms with Crippen molar-refractivity contribution in [2.75, 3.05) is 5.32 Å². The number of halogens is 1. The molecule has 2 heterocycles. The van der Waals surface area contributed by atoms with Crippen LogP contribution in [-0.4, -0.2) is 15.3 Å². The average molecular weight is 344 g/mol. The summed E-state index contributed by atoms with van der Waals surface area (Å²) >= 11 is 3.42. The summed E-state index contributed by atoms with van der Waals surface area (Å²) in [6, 6.07) is 11.5. The molecule has 0 unspecified atom stereocenters. The fraction of sp³-hybridized carbons (Fsp3) is 0.125. The van der Waals surface area contributed by atoms with E-state index in [0.29, 0.717) is 11.4 Å². The molecule has 2 aromatic heterocycles. The van der Waals surface area contributed by atoms with Gasteiger partial charge in [-0.05, 0) is 59.6 Å². The Hall–Kier alpha value is -2.14. The van der Waals surface area contributed by atoms with Crippen LogP contribution in [0.15, 0.2) is 47.1 Å². The lowest BCUT2D eigenvalue weighted by molar-refractivity contribution is 0.102. The van der Waals surface area contributed by atoms with E-state index in [1.165, 1.54) is 0 Å². The Labute approximate surface area is 131 Å². The van der Waals surface area contributed by atoms with Crippen molar-refractivity contribution in [2.45, 2.75) is 13.8 Å². The molecule has 0 bridgehead atoms. The van der Waals surface area contributed by atoms with Crippen LogP contribution in [0.3, 0.4) is 0 Å². The number of imidazole rings is 1. The second-order valence-electron chi connectivity index (χ2n) is 4.94. The molecule has 5 heteroatoms. The first-order valence-electron chi connectivity index (χ1n) is 6.57. The third-order valence-electron chi connectivity index (χ3n) is 3.25. The number of rotatable bonds is 2. The van der Waals surface area contributed by atoms with Crippen LogP contribution in [0.1, 0.15) is 21.7 Å². The van der Waals surface area contributed by atoms with Crippen molar-refractivity contribution in [2.24, 2.45) is 0 Å². The second-order valence-corrected chi connectivity index (χ2v) is 5.86. The zero-order valence-corrected chi connectivity index (χ0v) is 13.3. The number of fused-ring (bicyclic) bond motifs is 1. The number of nitrogens with zero attached hydrogens (tertiary/aromatic N) is 2.